The van der Waals surface area contributed by atoms with E-state index in [2.05, 4.69) is 25.2 Å². The Balaban J connectivity index is 2.13. The summed E-state index contributed by atoms with van der Waals surface area (Å²) >= 11 is 0. The lowest BCUT2D eigenvalue weighted by atomic mass is 9.78. The van der Waals surface area contributed by atoms with Gasteiger partial charge in [-0.05, 0) is 31.2 Å². The monoisotopic (exact) mass is 247 g/mol. The third-order valence-corrected chi connectivity index (χ3v) is 4.46. The molecule has 4 atom stereocenters. The topological polar surface area (TPSA) is 32.3 Å². The molecule has 2 rings (SSSR count). The first-order valence-corrected chi connectivity index (χ1v) is 7.13. The van der Waals surface area contributed by atoms with Crippen LogP contribution in [0.15, 0.2) is 24.3 Å². The maximum absolute atomic E-state index is 9.81. The maximum atomic E-state index is 9.81. The molecule has 1 aliphatic carbocycles. The summed E-state index contributed by atoms with van der Waals surface area (Å²) in [4.78, 5) is 0. The van der Waals surface area contributed by atoms with Crippen LogP contribution in [0.2, 0.25) is 0 Å². The van der Waals surface area contributed by atoms with Gasteiger partial charge in [0.2, 0.25) is 0 Å². The Labute approximate surface area is 110 Å². The molecule has 0 heterocycles. The lowest BCUT2D eigenvalue weighted by Crippen LogP contribution is -2.35. The summed E-state index contributed by atoms with van der Waals surface area (Å²) in [7, 11) is 0. The largest absolute Gasteiger partial charge is 0.389 e. The number of nitrogens with one attached hydrogen (secondary N) is 1. The van der Waals surface area contributed by atoms with Gasteiger partial charge in [0.05, 0.1) is 6.10 Å². The van der Waals surface area contributed by atoms with E-state index in [0.29, 0.717) is 12.0 Å². The Kier molecular flexibility index (Phi) is 4.28. The zero-order chi connectivity index (χ0) is 13.1. The second kappa shape index (κ2) is 5.75. The minimum atomic E-state index is -0.412. The Hall–Kier alpha value is -1.02. The second-order valence-corrected chi connectivity index (χ2v) is 5.78. The van der Waals surface area contributed by atoms with E-state index in [-0.39, 0.29) is 0 Å². The average Bonchev–Trinajstić information content (AvgIpc) is 2.35. The van der Waals surface area contributed by atoms with Gasteiger partial charge in [-0.25, -0.2) is 0 Å². The van der Waals surface area contributed by atoms with Crippen molar-refractivity contribution in [2.24, 2.45) is 11.8 Å². The van der Waals surface area contributed by atoms with E-state index >= 15 is 0 Å². The van der Waals surface area contributed by atoms with Gasteiger partial charge in [-0.1, -0.05) is 44.9 Å². The fourth-order valence-corrected chi connectivity index (χ4v) is 2.98. The summed E-state index contributed by atoms with van der Waals surface area (Å²) in [5.74, 6) is 1.48. The van der Waals surface area contributed by atoms with Crippen molar-refractivity contribution >= 4 is 5.69 Å². The predicted octanol–water partition coefficient (Wildman–Crippen LogP) is 3.98. The number of anilines is 1. The van der Waals surface area contributed by atoms with Gasteiger partial charge in [-0.15, -0.1) is 0 Å². The highest BCUT2D eigenvalue weighted by atomic mass is 16.3. The van der Waals surface area contributed by atoms with Gasteiger partial charge in [0, 0.05) is 17.3 Å². The molecule has 2 nitrogen and oxygen atoms in total. The molecular formula is C16H25NO. The van der Waals surface area contributed by atoms with E-state index in [1.807, 2.05) is 25.1 Å². The van der Waals surface area contributed by atoms with Crippen LogP contribution in [-0.4, -0.2) is 11.1 Å². The van der Waals surface area contributed by atoms with Crippen LogP contribution < -0.4 is 5.32 Å². The molecule has 1 aromatic rings. The molecule has 0 saturated heterocycles. The first kappa shape index (κ1) is 13.4. The molecule has 0 bridgehead atoms. The number of para-hydroxylation sites is 1. The van der Waals surface area contributed by atoms with Crippen LogP contribution in [0.4, 0.5) is 5.69 Å². The molecule has 0 amide bonds. The highest BCUT2D eigenvalue weighted by molar-refractivity contribution is 5.52. The van der Waals surface area contributed by atoms with Crippen LogP contribution in [-0.2, 0) is 0 Å². The normalized spacial score (nSPS) is 29.9. The molecule has 100 valence electrons. The molecular weight excluding hydrogens is 222 g/mol. The number of benzene rings is 1. The summed E-state index contributed by atoms with van der Waals surface area (Å²) in [6, 6.07) is 8.64. The highest BCUT2D eigenvalue weighted by Gasteiger charge is 2.27. The Morgan fingerprint density at radius 2 is 1.94 bits per heavy atom. The first-order chi connectivity index (χ1) is 8.59. The zero-order valence-electron chi connectivity index (χ0n) is 11.7. The van der Waals surface area contributed by atoms with E-state index in [1.54, 1.807) is 0 Å². The highest BCUT2D eigenvalue weighted by Crippen LogP contribution is 2.33. The van der Waals surface area contributed by atoms with Crippen molar-refractivity contribution in [1.82, 2.24) is 0 Å². The van der Waals surface area contributed by atoms with Crippen LogP contribution in [0.25, 0.3) is 0 Å². The van der Waals surface area contributed by atoms with Crippen LogP contribution in [0, 0.1) is 11.8 Å². The van der Waals surface area contributed by atoms with E-state index in [9.17, 15) is 5.11 Å². The van der Waals surface area contributed by atoms with Crippen LogP contribution in [0.3, 0.4) is 0 Å². The summed E-state index contributed by atoms with van der Waals surface area (Å²) in [6.45, 7) is 6.51. The molecule has 18 heavy (non-hydrogen) atoms. The molecule has 1 aromatic carbocycles. The average molecular weight is 247 g/mol. The second-order valence-electron chi connectivity index (χ2n) is 5.78. The van der Waals surface area contributed by atoms with Gasteiger partial charge >= 0.3 is 0 Å². The molecule has 0 radical (unpaired) electrons. The summed E-state index contributed by atoms with van der Waals surface area (Å²) in [5, 5.41) is 13.5. The first-order valence-electron chi connectivity index (χ1n) is 7.13. The van der Waals surface area contributed by atoms with Gasteiger partial charge in [-0.3, -0.25) is 0 Å². The van der Waals surface area contributed by atoms with Crippen molar-refractivity contribution in [3.05, 3.63) is 29.8 Å². The Morgan fingerprint density at radius 3 is 2.67 bits per heavy atom. The number of aliphatic hydroxyl groups excluding tert-OH is 1. The van der Waals surface area contributed by atoms with E-state index < -0.39 is 6.10 Å². The lowest BCUT2D eigenvalue weighted by Gasteiger charge is -2.35. The van der Waals surface area contributed by atoms with Crippen LogP contribution in [0.1, 0.15) is 51.7 Å². The van der Waals surface area contributed by atoms with Crippen molar-refractivity contribution in [3.63, 3.8) is 0 Å². The summed E-state index contributed by atoms with van der Waals surface area (Å²) in [6.07, 6.45) is 3.47. The van der Waals surface area contributed by atoms with Crippen molar-refractivity contribution in [3.8, 4) is 0 Å². The maximum Gasteiger partial charge on any atom is 0.0781 e. The predicted molar refractivity (Wildman–Crippen MR) is 76.7 cm³/mol. The third-order valence-electron chi connectivity index (χ3n) is 4.46. The fourth-order valence-electron chi connectivity index (χ4n) is 2.98. The SMILES string of the molecule is CC(O)c1ccccc1NC1CCCC(C)C1C. The van der Waals surface area contributed by atoms with E-state index in [0.717, 1.165) is 17.2 Å². The molecule has 0 aliphatic heterocycles. The molecule has 1 aliphatic rings. The smallest absolute Gasteiger partial charge is 0.0781 e. The fraction of sp³-hybridized carbons (Fsp3) is 0.625. The van der Waals surface area contributed by atoms with Crippen LogP contribution >= 0.6 is 0 Å². The molecule has 0 aromatic heterocycles. The molecule has 1 saturated carbocycles. The van der Waals surface area contributed by atoms with Crippen molar-refractivity contribution in [2.45, 2.75) is 52.2 Å². The molecule has 0 spiro atoms. The Morgan fingerprint density at radius 1 is 1.22 bits per heavy atom. The van der Waals surface area contributed by atoms with Crippen molar-refractivity contribution in [1.29, 1.82) is 0 Å². The summed E-state index contributed by atoms with van der Waals surface area (Å²) in [5.41, 5.74) is 2.10. The minimum absolute atomic E-state index is 0.412. The molecule has 2 N–H and O–H groups in total. The standard InChI is InChI=1S/C16H25NO/c1-11-7-6-10-15(12(11)2)17-16-9-5-4-8-14(16)13(3)18/h4-5,8-9,11-13,15,17-18H,6-7,10H2,1-3H3. The van der Waals surface area contributed by atoms with Crippen molar-refractivity contribution < 1.29 is 5.11 Å². The number of hydrogen-bond acceptors (Lipinski definition) is 2. The quantitative estimate of drug-likeness (QED) is 0.847. The minimum Gasteiger partial charge on any atom is -0.389 e. The van der Waals surface area contributed by atoms with Gasteiger partial charge < -0.3 is 10.4 Å². The summed E-state index contributed by atoms with van der Waals surface area (Å²) < 4.78 is 0. The number of hydrogen-bond donors (Lipinski definition) is 2. The van der Waals surface area contributed by atoms with Crippen molar-refractivity contribution in [2.75, 3.05) is 5.32 Å². The Bertz CT molecular complexity index is 388. The van der Waals surface area contributed by atoms with Crippen LogP contribution in [0.5, 0.6) is 0 Å². The van der Waals surface area contributed by atoms with E-state index in [4.69, 9.17) is 0 Å². The number of aliphatic hydroxyl groups is 1. The molecule has 1 fully saturated rings. The van der Waals surface area contributed by atoms with Gasteiger partial charge in [0.15, 0.2) is 0 Å². The van der Waals surface area contributed by atoms with Gasteiger partial charge in [-0.2, -0.15) is 0 Å². The lowest BCUT2D eigenvalue weighted by molar-refractivity contribution is 0.199. The van der Waals surface area contributed by atoms with Gasteiger partial charge in [0.1, 0.15) is 0 Å². The number of rotatable bonds is 3. The molecule has 4 unspecified atom stereocenters. The van der Waals surface area contributed by atoms with Gasteiger partial charge in [0.25, 0.3) is 0 Å². The molecule has 2 heteroatoms. The third kappa shape index (κ3) is 2.86. The zero-order valence-corrected chi connectivity index (χ0v) is 11.7. The van der Waals surface area contributed by atoms with E-state index in [1.165, 1.54) is 19.3 Å².